The number of nitriles is 1. The van der Waals surface area contributed by atoms with E-state index in [2.05, 4.69) is 37.3 Å². The first-order valence-electron chi connectivity index (χ1n) is 11.2. The number of aromatic nitrogens is 2. The summed E-state index contributed by atoms with van der Waals surface area (Å²) in [7, 11) is 0. The second kappa shape index (κ2) is 13.1. The Morgan fingerprint density at radius 3 is 2.23 bits per heavy atom. The molecule has 0 bridgehead atoms. The Bertz CT molecular complexity index is 1220. The topological polar surface area (TPSA) is 132 Å². The van der Waals surface area contributed by atoms with Crippen LogP contribution < -0.4 is 21.3 Å². The Labute approximate surface area is 204 Å². The summed E-state index contributed by atoms with van der Waals surface area (Å²) in [5.41, 5.74) is 2.20. The van der Waals surface area contributed by atoms with Crippen molar-refractivity contribution >= 4 is 29.5 Å². The Hall–Kier alpha value is -4.71. The van der Waals surface area contributed by atoms with Gasteiger partial charge in [0.15, 0.2) is 5.82 Å². The highest BCUT2D eigenvalue weighted by Crippen LogP contribution is 2.20. The third-order valence-corrected chi connectivity index (χ3v) is 4.74. The molecule has 0 aliphatic heterocycles. The molecular formula is C26H27N7O2. The second-order valence-electron chi connectivity index (χ2n) is 7.53. The van der Waals surface area contributed by atoms with Crippen LogP contribution in [0.15, 0.2) is 66.7 Å². The molecule has 9 heteroatoms. The molecule has 0 saturated carbocycles. The Morgan fingerprint density at radius 2 is 1.57 bits per heavy atom. The molecule has 2 aromatic carbocycles. The molecule has 0 radical (unpaired) electrons. The van der Waals surface area contributed by atoms with Crippen LogP contribution in [0.25, 0.3) is 17.5 Å². The second-order valence-corrected chi connectivity index (χ2v) is 7.53. The normalized spacial score (nSPS) is 10.4. The van der Waals surface area contributed by atoms with E-state index in [1.165, 1.54) is 13.0 Å². The van der Waals surface area contributed by atoms with Crippen molar-refractivity contribution in [1.82, 2.24) is 20.6 Å². The van der Waals surface area contributed by atoms with Crippen molar-refractivity contribution < 1.29 is 9.59 Å². The minimum atomic E-state index is -0.234. The molecule has 9 nitrogen and oxygen atoms in total. The summed E-state index contributed by atoms with van der Waals surface area (Å²) >= 11 is 0. The maximum absolute atomic E-state index is 12.1. The molecule has 2 amide bonds. The number of nitrogens with zero attached hydrogens (tertiary/aromatic N) is 3. The lowest BCUT2D eigenvalue weighted by Crippen LogP contribution is -2.27. The quantitative estimate of drug-likeness (QED) is 0.251. The van der Waals surface area contributed by atoms with Crippen LogP contribution in [0, 0.1) is 11.3 Å². The molecule has 35 heavy (non-hydrogen) atoms. The van der Waals surface area contributed by atoms with Gasteiger partial charge in [0, 0.05) is 50.8 Å². The van der Waals surface area contributed by atoms with Gasteiger partial charge in [-0.05, 0) is 23.8 Å². The van der Waals surface area contributed by atoms with Crippen LogP contribution in [0.2, 0.25) is 0 Å². The number of amides is 2. The van der Waals surface area contributed by atoms with E-state index in [0.717, 1.165) is 11.1 Å². The van der Waals surface area contributed by atoms with E-state index in [-0.39, 0.29) is 11.8 Å². The van der Waals surface area contributed by atoms with Crippen LogP contribution >= 0.6 is 0 Å². The first-order valence-corrected chi connectivity index (χ1v) is 11.2. The van der Waals surface area contributed by atoms with Crippen molar-refractivity contribution in [1.29, 1.82) is 5.26 Å². The molecule has 178 valence electrons. The van der Waals surface area contributed by atoms with Crippen LogP contribution in [0.4, 0.5) is 11.6 Å². The Kier molecular flexibility index (Phi) is 9.33. The molecule has 3 aromatic rings. The highest BCUT2D eigenvalue weighted by Gasteiger charge is 2.07. The van der Waals surface area contributed by atoms with E-state index >= 15 is 0 Å². The van der Waals surface area contributed by atoms with Gasteiger partial charge in [0.2, 0.25) is 11.8 Å². The summed E-state index contributed by atoms with van der Waals surface area (Å²) in [6.45, 7) is 3.31. The lowest BCUT2D eigenvalue weighted by Gasteiger charge is -2.12. The molecule has 0 unspecified atom stereocenters. The average molecular weight is 470 g/mol. The number of benzene rings is 2. The fourth-order valence-corrected chi connectivity index (χ4v) is 3.09. The Balaban J connectivity index is 1.56. The zero-order valence-electron chi connectivity index (χ0n) is 19.4. The number of nitrogens with one attached hydrogen (secondary N) is 4. The number of rotatable bonds is 11. The summed E-state index contributed by atoms with van der Waals surface area (Å²) in [6, 6.07) is 20.5. The average Bonchev–Trinajstić information content (AvgIpc) is 2.88. The van der Waals surface area contributed by atoms with Gasteiger partial charge in [0.05, 0.1) is 11.6 Å². The SMILES string of the molecule is CC(=O)NCCNc1cc(NCCNC(=O)C=Cc2cccc(C#N)c2)nc(-c2ccccc2)n1. The molecular weight excluding hydrogens is 442 g/mol. The van der Waals surface area contributed by atoms with Gasteiger partial charge in [0.1, 0.15) is 11.6 Å². The van der Waals surface area contributed by atoms with E-state index in [1.54, 1.807) is 30.3 Å². The molecule has 1 aromatic heterocycles. The van der Waals surface area contributed by atoms with Crippen LogP contribution in [-0.2, 0) is 9.59 Å². The first-order chi connectivity index (χ1) is 17.0. The first kappa shape index (κ1) is 24.9. The van der Waals surface area contributed by atoms with Gasteiger partial charge in [-0.2, -0.15) is 5.26 Å². The maximum Gasteiger partial charge on any atom is 0.244 e. The zero-order valence-corrected chi connectivity index (χ0v) is 19.4. The van der Waals surface area contributed by atoms with Gasteiger partial charge in [-0.25, -0.2) is 9.97 Å². The summed E-state index contributed by atoms with van der Waals surface area (Å²) in [5, 5.41) is 20.9. The molecule has 0 aliphatic rings. The van der Waals surface area contributed by atoms with Gasteiger partial charge < -0.3 is 21.3 Å². The van der Waals surface area contributed by atoms with E-state index in [0.29, 0.717) is 49.2 Å². The van der Waals surface area contributed by atoms with Crippen molar-refractivity contribution in [2.75, 3.05) is 36.8 Å². The van der Waals surface area contributed by atoms with Gasteiger partial charge >= 0.3 is 0 Å². The number of anilines is 2. The lowest BCUT2D eigenvalue weighted by molar-refractivity contribution is -0.119. The number of carbonyl (C=O) groups is 2. The largest absolute Gasteiger partial charge is 0.368 e. The third-order valence-electron chi connectivity index (χ3n) is 4.74. The monoisotopic (exact) mass is 469 g/mol. The number of hydrogen-bond acceptors (Lipinski definition) is 7. The summed E-state index contributed by atoms with van der Waals surface area (Å²) in [5.74, 6) is 1.47. The number of carbonyl (C=O) groups excluding carboxylic acids is 2. The predicted octanol–water partition coefficient (Wildman–Crippen LogP) is 2.80. The smallest absolute Gasteiger partial charge is 0.244 e. The van der Waals surface area contributed by atoms with Crippen molar-refractivity contribution in [3.8, 4) is 17.5 Å². The van der Waals surface area contributed by atoms with Crippen LogP contribution in [-0.4, -0.2) is 48.0 Å². The van der Waals surface area contributed by atoms with Crippen LogP contribution in [0.1, 0.15) is 18.1 Å². The summed E-state index contributed by atoms with van der Waals surface area (Å²) in [6.07, 6.45) is 3.10. The lowest BCUT2D eigenvalue weighted by atomic mass is 10.1. The van der Waals surface area contributed by atoms with Gasteiger partial charge in [-0.3, -0.25) is 9.59 Å². The fourth-order valence-electron chi connectivity index (χ4n) is 3.09. The van der Waals surface area contributed by atoms with Gasteiger partial charge in [0.25, 0.3) is 0 Å². The van der Waals surface area contributed by atoms with Crippen molar-refractivity contribution in [3.63, 3.8) is 0 Å². The Morgan fingerprint density at radius 1 is 0.886 bits per heavy atom. The molecule has 1 heterocycles. The molecule has 0 saturated heterocycles. The van der Waals surface area contributed by atoms with Crippen molar-refractivity contribution in [2.45, 2.75) is 6.92 Å². The maximum atomic E-state index is 12.1. The molecule has 4 N–H and O–H groups in total. The van der Waals surface area contributed by atoms with E-state index < -0.39 is 0 Å². The molecule has 0 atom stereocenters. The van der Waals surface area contributed by atoms with Gasteiger partial charge in [-0.15, -0.1) is 0 Å². The van der Waals surface area contributed by atoms with Crippen LogP contribution in [0.5, 0.6) is 0 Å². The zero-order chi connectivity index (χ0) is 24.9. The fraction of sp³-hybridized carbons (Fsp3) is 0.192. The summed E-state index contributed by atoms with van der Waals surface area (Å²) in [4.78, 5) is 32.3. The molecule has 3 rings (SSSR count). The van der Waals surface area contributed by atoms with Crippen LogP contribution in [0.3, 0.4) is 0 Å². The molecule has 0 aliphatic carbocycles. The van der Waals surface area contributed by atoms with Crippen molar-refractivity contribution in [2.24, 2.45) is 0 Å². The molecule has 0 spiro atoms. The van der Waals surface area contributed by atoms with E-state index in [1.807, 2.05) is 36.4 Å². The van der Waals surface area contributed by atoms with Gasteiger partial charge in [-0.1, -0.05) is 42.5 Å². The van der Waals surface area contributed by atoms with E-state index in [9.17, 15) is 9.59 Å². The minimum Gasteiger partial charge on any atom is -0.368 e. The standard InChI is InChI=1S/C26H27N7O2/c1-19(34)28-12-13-29-23-17-24(33-26(32-23)22-8-3-2-4-9-22)30-14-15-31-25(35)11-10-20-6-5-7-21(16-20)18-27/h2-11,16-17H,12-15H2,1H3,(H,28,34)(H,31,35)(H2,29,30,32,33). The van der Waals surface area contributed by atoms with E-state index in [4.69, 9.17) is 5.26 Å². The predicted molar refractivity (Wildman–Crippen MR) is 136 cm³/mol. The van der Waals surface area contributed by atoms with Crippen molar-refractivity contribution in [3.05, 3.63) is 77.9 Å². The molecule has 0 fully saturated rings. The third kappa shape index (κ3) is 8.63. The highest BCUT2D eigenvalue weighted by molar-refractivity contribution is 5.91. The highest BCUT2D eigenvalue weighted by atomic mass is 16.2. The minimum absolute atomic E-state index is 0.0885. The number of hydrogen-bond donors (Lipinski definition) is 4. The summed E-state index contributed by atoms with van der Waals surface area (Å²) < 4.78 is 0.